The van der Waals surface area contributed by atoms with E-state index in [1.54, 1.807) is 6.26 Å². The van der Waals surface area contributed by atoms with Crippen LogP contribution in [-0.4, -0.2) is 33.7 Å². The molecule has 0 aromatic carbocycles. The van der Waals surface area contributed by atoms with Crippen LogP contribution in [0.1, 0.15) is 40.5 Å². The van der Waals surface area contributed by atoms with Crippen LogP contribution in [0.5, 0.6) is 0 Å². The van der Waals surface area contributed by atoms with Gasteiger partial charge in [0.05, 0.1) is 0 Å². The zero-order valence-corrected chi connectivity index (χ0v) is 12.3. The Bertz CT molecular complexity index is 312. The van der Waals surface area contributed by atoms with Crippen molar-refractivity contribution in [1.29, 1.82) is 0 Å². The topological polar surface area (TPSA) is 20.3 Å². The lowest BCUT2D eigenvalue weighted by molar-refractivity contribution is 0.0452. The quantitative estimate of drug-likeness (QED) is 0.700. The highest BCUT2D eigenvalue weighted by atomic mass is 32.2. The van der Waals surface area contributed by atoms with E-state index in [4.69, 9.17) is 0 Å². The number of hydrogen-bond acceptors (Lipinski definition) is 1. The van der Waals surface area contributed by atoms with Crippen LogP contribution >= 0.6 is 0 Å². The van der Waals surface area contributed by atoms with E-state index in [2.05, 4.69) is 37.9 Å². The minimum Gasteiger partial charge on any atom is -0.253 e. The molecule has 96 valence electrons. The Hall–Kier alpha value is -0.0200. The zero-order valence-electron chi connectivity index (χ0n) is 11.5. The molecule has 1 fully saturated rings. The maximum Gasteiger partial charge on any atom is 0.0245 e. The first-order valence-electron chi connectivity index (χ1n) is 6.27. The summed E-state index contributed by atoms with van der Waals surface area (Å²) in [6.07, 6.45) is 4.07. The largest absolute Gasteiger partial charge is 0.253 e. The van der Waals surface area contributed by atoms with E-state index < -0.39 is 9.71 Å². The minimum absolute atomic E-state index is 0.432. The maximum absolute atomic E-state index is 11.9. The molecule has 1 unspecified atom stereocenters. The molecule has 3 heteroatoms. The summed E-state index contributed by atoms with van der Waals surface area (Å²) in [6, 6.07) is 0. The summed E-state index contributed by atoms with van der Waals surface area (Å²) < 4.78 is 14.0. The van der Waals surface area contributed by atoms with Crippen molar-refractivity contribution in [3.05, 3.63) is 0 Å². The molecule has 1 saturated heterocycles. The fraction of sp³-hybridized carbons (Fsp3) is 0.923. The van der Waals surface area contributed by atoms with Gasteiger partial charge in [0, 0.05) is 29.1 Å². The van der Waals surface area contributed by atoms with Gasteiger partial charge in [-0.15, -0.1) is 0 Å². The molecule has 0 saturated carbocycles. The second-order valence-corrected chi connectivity index (χ2v) is 8.37. The van der Waals surface area contributed by atoms with Gasteiger partial charge in [0.15, 0.2) is 0 Å². The summed E-state index contributed by atoms with van der Waals surface area (Å²) in [6.45, 7) is 11.2. The van der Waals surface area contributed by atoms with Crippen molar-refractivity contribution in [2.24, 2.45) is 17.3 Å². The van der Waals surface area contributed by atoms with E-state index in [0.717, 1.165) is 25.9 Å². The van der Waals surface area contributed by atoms with Crippen LogP contribution in [0, 0.1) is 17.3 Å². The van der Waals surface area contributed by atoms with Gasteiger partial charge in [-0.25, -0.2) is 4.31 Å². The highest BCUT2D eigenvalue weighted by Crippen LogP contribution is 2.45. The molecule has 0 aliphatic carbocycles. The lowest BCUT2D eigenvalue weighted by atomic mass is 9.63. The molecule has 2 nitrogen and oxygen atoms in total. The summed E-state index contributed by atoms with van der Waals surface area (Å²) >= 11 is 0. The fourth-order valence-corrected chi connectivity index (χ4v) is 4.07. The molecule has 1 heterocycles. The molecule has 0 N–H and O–H groups in total. The Balaban J connectivity index is 2.79. The van der Waals surface area contributed by atoms with Crippen LogP contribution < -0.4 is 0 Å². The summed E-state index contributed by atoms with van der Waals surface area (Å²) in [5.41, 5.74) is 0.432. The molecule has 1 aliphatic heterocycles. The monoisotopic (exact) mass is 245 g/mol. The Morgan fingerprint density at radius 1 is 1.12 bits per heavy atom. The molecular weight excluding hydrogens is 218 g/mol. The van der Waals surface area contributed by atoms with Crippen molar-refractivity contribution in [3.63, 3.8) is 0 Å². The first kappa shape index (κ1) is 14.0. The second kappa shape index (κ2) is 4.69. The molecule has 1 rings (SSSR count). The average Bonchev–Trinajstić information content (AvgIpc) is 2.15. The van der Waals surface area contributed by atoms with Crippen molar-refractivity contribution < 1.29 is 4.21 Å². The summed E-state index contributed by atoms with van der Waals surface area (Å²) in [4.78, 5) is 0. The molecule has 0 aromatic heterocycles. The molecule has 0 radical (unpaired) electrons. The van der Waals surface area contributed by atoms with Gasteiger partial charge < -0.3 is 0 Å². The third-order valence-corrected chi connectivity index (χ3v) is 5.96. The van der Waals surface area contributed by atoms with E-state index in [9.17, 15) is 4.21 Å². The number of piperidine rings is 1. The number of hydrogen-bond donors (Lipinski definition) is 0. The van der Waals surface area contributed by atoms with Crippen molar-refractivity contribution in [3.8, 4) is 0 Å². The van der Waals surface area contributed by atoms with Gasteiger partial charge in [0.2, 0.25) is 0 Å². The van der Waals surface area contributed by atoms with E-state index in [0.29, 0.717) is 17.3 Å². The Morgan fingerprint density at radius 2 is 1.50 bits per heavy atom. The van der Waals surface area contributed by atoms with E-state index in [-0.39, 0.29) is 0 Å². The van der Waals surface area contributed by atoms with Crippen LogP contribution in [0.4, 0.5) is 0 Å². The van der Waals surface area contributed by atoms with E-state index >= 15 is 0 Å². The molecule has 16 heavy (non-hydrogen) atoms. The normalized spacial score (nSPS) is 25.9. The van der Waals surface area contributed by atoms with Crippen LogP contribution in [0.15, 0.2) is 0 Å². The standard InChI is InChI=1S/C13H27NOS/c1-11(2)13(12(3)4)7-9-14(10-8-13)16(5,6)15/h11-12H,5,7-10H2,1-4,6H3. The smallest absolute Gasteiger partial charge is 0.0245 e. The maximum atomic E-state index is 11.9. The predicted molar refractivity (Wildman–Crippen MR) is 74.1 cm³/mol. The SMILES string of the molecule is C=S(C)(=O)N1CCC(C(C)C)(C(C)C)CC1. The van der Waals surface area contributed by atoms with Gasteiger partial charge in [-0.3, -0.25) is 4.21 Å². The molecule has 0 spiro atoms. The Morgan fingerprint density at radius 3 is 1.75 bits per heavy atom. The van der Waals surface area contributed by atoms with Gasteiger partial charge in [-0.05, 0) is 36.0 Å². The van der Waals surface area contributed by atoms with Crippen LogP contribution in [-0.2, 0) is 9.71 Å². The number of nitrogens with zero attached hydrogens (tertiary/aromatic N) is 1. The Labute approximate surface area is 102 Å². The first-order valence-corrected chi connectivity index (χ1v) is 8.36. The third-order valence-electron chi connectivity index (χ3n) is 4.50. The van der Waals surface area contributed by atoms with E-state index in [1.165, 1.54) is 0 Å². The second-order valence-electron chi connectivity index (χ2n) is 5.93. The molecule has 0 amide bonds. The van der Waals surface area contributed by atoms with Crippen LogP contribution in [0.3, 0.4) is 0 Å². The van der Waals surface area contributed by atoms with Crippen LogP contribution in [0.2, 0.25) is 0 Å². The van der Waals surface area contributed by atoms with Gasteiger partial charge in [0.1, 0.15) is 0 Å². The lowest BCUT2D eigenvalue weighted by Gasteiger charge is -2.47. The first-order chi connectivity index (χ1) is 7.20. The number of rotatable bonds is 3. The molecule has 1 aliphatic rings. The van der Waals surface area contributed by atoms with Crippen molar-refractivity contribution >= 4 is 15.6 Å². The van der Waals surface area contributed by atoms with Gasteiger partial charge >= 0.3 is 0 Å². The fourth-order valence-electron chi connectivity index (χ4n) is 3.11. The van der Waals surface area contributed by atoms with Gasteiger partial charge in [-0.2, -0.15) is 0 Å². The molecular formula is C13H27NOS. The highest BCUT2D eigenvalue weighted by molar-refractivity contribution is 7.97. The van der Waals surface area contributed by atoms with Crippen molar-refractivity contribution in [2.45, 2.75) is 40.5 Å². The van der Waals surface area contributed by atoms with E-state index in [1.807, 2.05) is 0 Å². The lowest BCUT2D eigenvalue weighted by Crippen LogP contribution is -2.47. The Kier molecular flexibility index (Phi) is 4.12. The predicted octanol–water partition coefficient (Wildman–Crippen LogP) is 2.64. The van der Waals surface area contributed by atoms with Crippen molar-refractivity contribution in [2.75, 3.05) is 19.3 Å². The van der Waals surface area contributed by atoms with Crippen LogP contribution in [0.25, 0.3) is 0 Å². The minimum atomic E-state index is -1.99. The van der Waals surface area contributed by atoms with Gasteiger partial charge in [-0.1, -0.05) is 27.7 Å². The molecule has 0 bridgehead atoms. The third kappa shape index (κ3) is 2.62. The van der Waals surface area contributed by atoms with Crippen molar-refractivity contribution in [1.82, 2.24) is 4.31 Å². The summed E-state index contributed by atoms with van der Waals surface area (Å²) in [5.74, 6) is 5.19. The summed E-state index contributed by atoms with van der Waals surface area (Å²) in [7, 11) is -1.99. The molecule has 0 aromatic rings. The van der Waals surface area contributed by atoms with Gasteiger partial charge in [0.25, 0.3) is 0 Å². The zero-order chi connectivity index (χ0) is 12.6. The highest BCUT2D eigenvalue weighted by Gasteiger charge is 2.40. The average molecular weight is 245 g/mol. The molecule has 1 atom stereocenters. The summed E-state index contributed by atoms with van der Waals surface area (Å²) in [5, 5.41) is 0.